The zero-order chi connectivity index (χ0) is 19.6. The van der Waals surface area contributed by atoms with E-state index in [1.807, 2.05) is 74.4 Å². The van der Waals surface area contributed by atoms with Crippen molar-refractivity contribution in [3.05, 3.63) is 65.2 Å². The molecular weight excluding hydrogens is 360 g/mol. The molecule has 0 aliphatic carbocycles. The molecule has 2 aromatic rings. The number of aryl methyl sites for hydroxylation is 1. The van der Waals surface area contributed by atoms with Gasteiger partial charge in [-0.05, 0) is 42.7 Å². The lowest BCUT2D eigenvalue weighted by molar-refractivity contribution is 0.0680. The van der Waals surface area contributed by atoms with Gasteiger partial charge in [-0.25, -0.2) is 8.42 Å². The number of anilines is 1. The minimum absolute atomic E-state index is 0.0421. The summed E-state index contributed by atoms with van der Waals surface area (Å²) in [5.41, 5.74) is 3.61. The van der Waals surface area contributed by atoms with Crippen molar-refractivity contribution in [3.8, 4) is 0 Å². The largest absolute Gasteiger partial charge is 0.378 e. The fourth-order valence-corrected chi connectivity index (χ4v) is 5.18. The van der Waals surface area contributed by atoms with Crippen LogP contribution in [0.3, 0.4) is 0 Å². The number of hydrogen-bond donors (Lipinski definition) is 0. The van der Waals surface area contributed by atoms with Gasteiger partial charge in [-0.15, -0.1) is 0 Å². The van der Waals surface area contributed by atoms with Crippen molar-refractivity contribution in [3.63, 3.8) is 0 Å². The highest BCUT2D eigenvalue weighted by Gasteiger charge is 2.35. The molecule has 0 bridgehead atoms. The normalized spacial score (nSPS) is 18.3. The van der Waals surface area contributed by atoms with Crippen molar-refractivity contribution in [1.82, 2.24) is 4.90 Å². The summed E-state index contributed by atoms with van der Waals surface area (Å²) < 4.78 is 24.0. The molecule has 144 valence electrons. The lowest BCUT2D eigenvalue weighted by atomic mass is 10.0. The first kappa shape index (κ1) is 19.4. The topological polar surface area (TPSA) is 57.7 Å². The van der Waals surface area contributed by atoms with Gasteiger partial charge < -0.3 is 9.80 Å². The summed E-state index contributed by atoms with van der Waals surface area (Å²) >= 11 is 0. The molecule has 3 rings (SSSR count). The molecule has 0 spiro atoms. The highest BCUT2D eigenvalue weighted by molar-refractivity contribution is 7.91. The highest BCUT2D eigenvalue weighted by atomic mass is 32.2. The molecule has 27 heavy (non-hydrogen) atoms. The van der Waals surface area contributed by atoms with Crippen LogP contribution in [0.25, 0.3) is 0 Å². The number of hydrogen-bond acceptors (Lipinski definition) is 4. The van der Waals surface area contributed by atoms with E-state index in [2.05, 4.69) is 0 Å². The molecule has 2 aromatic carbocycles. The minimum Gasteiger partial charge on any atom is -0.378 e. The Balaban J connectivity index is 1.90. The summed E-state index contributed by atoms with van der Waals surface area (Å²) in [6.45, 7) is 2.31. The summed E-state index contributed by atoms with van der Waals surface area (Å²) in [6, 6.07) is 15.2. The molecular formula is C21H26N2O3S. The summed E-state index contributed by atoms with van der Waals surface area (Å²) in [5.74, 6) is 0.0849. The standard InChI is InChI=1S/C21H26N2O3S/c1-16-6-4-5-7-20(16)21(24)23(19-12-13-27(25,26)15-19)14-17-8-10-18(11-9-17)22(2)3/h4-11,19H,12-15H2,1-3H3/t19-/m1/s1. The van der Waals surface area contributed by atoms with Crippen molar-refractivity contribution < 1.29 is 13.2 Å². The number of carbonyl (C=O) groups is 1. The smallest absolute Gasteiger partial charge is 0.254 e. The van der Waals surface area contributed by atoms with Crippen LogP contribution in [0.1, 0.15) is 27.9 Å². The Morgan fingerprint density at radius 3 is 2.30 bits per heavy atom. The Hall–Kier alpha value is -2.34. The molecule has 0 radical (unpaired) electrons. The van der Waals surface area contributed by atoms with Gasteiger partial charge in [0.15, 0.2) is 9.84 Å². The molecule has 0 N–H and O–H groups in total. The molecule has 6 heteroatoms. The molecule has 5 nitrogen and oxygen atoms in total. The van der Waals surface area contributed by atoms with Gasteiger partial charge in [0.1, 0.15) is 0 Å². The molecule has 1 saturated heterocycles. The van der Waals surface area contributed by atoms with E-state index in [1.54, 1.807) is 4.90 Å². The van der Waals surface area contributed by atoms with Gasteiger partial charge in [-0.1, -0.05) is 30.3 Å². The van der Waals surface area contributed by atoms with Gasteiger partial charge in [0, 0.05) is 37.9 Å². The molecule has 1 amide bonds. The van der Waals surface area contributed by atoms with Gasteiger partial charge in [0.05, 0.1) is 11.5 Å². The van der Waals surface area contributed by atoms with Crippen molar-refractivity contribution in [2.75, 3.05) is 30.5 Å². The van der Waals surface area contributed by atoms with Crippen LogP contribution in [0.15, 0.2) is 48.5 Å². The SMILES string of the molecule is Cc1ccccc1C(=O)N(Cc1ccc(N(C)C)cc1)[C@@H]1CCS(=O)(=O)C1. The Bertz CT molecular complexity index is 921. The van der Waals surface area contributed by atoms with Crippen LogP contribution in [0.4, 0.5) is 5.69 Å². The predicted octanol–water partition coefficient (Wildman–Crippen LogP) is 2.89. The molecule has 1 fully saturated rings. The third kappa shape index (κ3) is 4.50. The maximum absolute atomic E-state index is 13.3. The van der Waals surface area contributed by atoms with Crippen LogP contribution in [0, 0.1) is 6.92 Å². The number of benzene rings is 2. The van der Waals surface area contributed by atoms with E-state index >= 15 is 0 Å². The maximum Gasteiger partial charge on any atom is 0.254 e. The quantitative estimate of drug-likeness (QED) is 0.793. The molecule has 1 heterocycles. The molecule has 1 aliphatic heterocycles. The van der Waals surface area contributed by atoms with E-state index in [-0.39, 0.29) is 23.5 Å². The van der Waals surface area contributed by atoms with Crippen molar-refractivity contribution in [2.45, 2.75) is 25.9 Å². The summed E-state index contributed by atoms with van der Waals surface area (Å²) in [5, 5.41) is 0. The van der Waals surface area contributed by atoms with Gasteiger partial charge in [0.25, 0.3) is 5.91 Å². The fourth-order valence-electron chi connectivity index (χ4n) is 3.45. The minimum atomic E-state index is -3.08. The third-order valence-corrected chi connectivity index (χ3v) is 6.84. The monoisotopic (exact) mass is 386 g/mol. The second kappa shape index (κ2) is 7.72. The van der Waals surface area contributed by atoms with E-state index in [1.165, 1.54) is 0 Å². The van der Waals surface area contributed by atoms with E-state index in [0.29, 0.717) is 18.5 Å². The van der Waals surface area contributed by atoms with Crippen LogP contribution >= 0.6 is 0 Å². The Kier molecular flexibility index (Phi) is 5.56. The van der Waals surface area contributed by atoms with E-state index < -0.39 is 9.84 Å². The van der Waals surface area contributed by atoms with Crippen molar-refractivity contribution >= 4 is 21.4 Å². The second-order valence-corrected chi connectivity index (χ2v) is 9.59. The van der Waals surface area contributed by atoms with Crippen LogP contribution in [-0.2, 0) is 16.4 Å². The molecule has 0 unspecified atom stereocenters. The van der Waals surface area contributed by atoms with Crippen LogP contribution in [-0.4, -0.2) is 50.9 Å². The second-order valence-electron chi connectivity index (χ2n) is 7.37. The summed E-state index contributed by atoms with van der Waals surface area (Å²) in [6.07, 6.45) is 0.496. The lowest BCUT2D eigenvalue weighted by Gasteiger charge is -2.29. The first-order chi connectivity index (χ1) is 12.8. The number of nitrogens with zero attached hydrogens (tertiary/aromatic N) is 2. The van der Waals surface area contributed by atoms with Gasteiger partial charge in [-0.3, -0.25) is 4.79 Å². The lowest BCUT2D eigenvalue weighted by Crippen LogP contribution is -2.40. The van der Waals surface area contributed by atoms with E-state index in [4.69, 9.17) is 0 Å². The zero-order valence-corrected chi connectivity index (χ0v) is 16.9. The Morgan fingerprint density at radius 2 is 1.74 bits per heavy atom. The Labute approximate surface area is 161 Å². The average Bonchev–Trinajstić information content (AvgIpc) is 2.99. The third-order valence-electron chi connectivity index (χ3n) is 5.09. The molecule has 1 aliphatic rings. The zero-order valence-electron chi connectivity index (χ0n) is 16.1. The average molecular weight is 387 g/mol. The predicted molar refractivity (Wildman–Crippen MR) is 109 cm³/mol. The first-order valence-electron chi connectivity index (χ1n) is 9.10. The summed E-state index contributed by atoms with van der Waals surface area (Å²) in [4.78, 5) is 17.0. The maximum atomic E-state index is 13.3. The molecule has 0 saturated carbocycles. The molecule has 1 atom stereocenters. The van der Waals surface area contributed by atoms with Crippen LogP contribution in [0.2, 0.25) is 0 Å². The van der Waals surface area contributed by atoms with Gasteiger partial charge in [-0.2, -0.15) is 0 Å². The number of amides is 1. The van der Waals surface area contributed by atoms with Crippen LogP contribution in [0.5, 0.6) is 0 Å². The van der Waals surface area contributed by atoms with Gasteiger partial charge >= 0.3 is 0 Å². The van der Waals surface area contributed by atoms with Crippen molar-refractivity contribution in [2.24, 2.45) is 0 Å². The van der Waals surface area contributed by atoms with Crippen molar-refractivity contribution in [1.29, 1.82) is 0 Å². The number of rotatable bonds is 5. The Morgan fingerprint density at radius 1 is 1.07 bits per heavy atom. The highest BCUT2D eigenvalue weighted by Crippen LogP contribution is 2.24. The van der Waals surface area contributed by atoms with E-state index in [0.717, 1.165) is 16.8 Å². The van der Waals surface area contributed by atoms with Crippen LogP contribution < -0.4 is 4.90 Å². The van der Waals surface area contributed by atoms with E-state index in [9.17, 15) is 13.2 Å². The summed E-state index contributed by atoms with van der Waals surface area (Å²) in [7, 11) is 0.880. The molecule has 0 aromatic heterocycles. The first-order valence-corrected chi connectivity index (χ1v) is 10.9. The number of sulfone groups is 1. The number of carbonyl (C=O) groups excluding carboxylic acids is 1. The fraction of sp³-hybridized carbons (Fsp3) is 0.381. The van der Waals surface area contributed by atoms with Gasteiger partial charge in [0.2, 0.25) is 0 Å².